The van der Waals surface area contributed by atoms with Gasteiger partial charge in [0, 0.05) is 25.2 Å². The van der Waals surface area contributed by atoms with E-state index in [1.165, 1.54) is 29.0 Å². The lowest BCUT2D eigenvalue weighted by atomic mass is 10.00. The van der Waals surface area contributed by atoms with Crippen LogP contribution < -0.4 is 4.90 Å². The van der Waals surface area contributed by atoms with Crippen LogP contribution in [0.25, 0.3) is 0 Å². The molecule has 0 N–H and O–H groups in total. The van der Waals surface area contributed by atoms with Gasteiger partial charge in [0.25, 0.3) is 0 Å². The molecule has 0 aliphatic carbocycles. The Morgan fingerprint density at radius 1 is 1.41 bits per heavy atom. The molecule has 1 aliphatic rings. The fourth-order valence-corrected chi connectivity index (χ4v) is 2.79. The molecule has 2 atom stereocenters. The minimum atomic E-state index is -4.46. The second-order valence-electron chi connectivity index (χ2n) is 5.38. The maximum atomic E-state index is 12.8. The molecule has 0 spiro atoms. The number of amides is 2. The Morgan fingerprint density at radius 2 is 2.09 bits per heavy atom. The van der Waals surface area contributed by atoms with Crippen LogP contribution in [0, 0.1) is 5.92 Å². The maximum absolute atomic E-state index is 12.8. The largest absolute Gasteiger partial charge is 0.416 e. The number of rotatable bonds is 4. The quantitative estimate of drug-likeness (QED) is 0.801. The van der Waals surface area contributed by atoms with Crippen molar-refractivity contribution in [3.63, 3.8) is 0 Å². The van der Waals surface area contributed by atoms with Gasteiger partial charge in [-0.25, -0.2) is 0 Å². The average Bonchev–Trinajstić information content (AvgIpc) is 2.82. The molecule has 4 nitrogen and oxygen atoms in total. The van der Waals surface area contributed by atoms with Crippen LogP contribution in [-0.4, -0.2) is 36.9 Å². The first-order chi connectivity index (χ1) is 10.3. The molecule has 0 bridgehead atoms. The van der Waals surface area contributed by atoms with Crippen LogP contribution in [0.1, 0.15) is 18.9 Å². The van der Waals surface area contributed by atoms with Crippen LogP contribution in [0.4, 0.5) is 18.9 Å². The molecule has 0 aromatic heterocycles. The fraction of sp³-hybridized carbons (Fsp3) is 0.467. The number of anilines is 1. The zero-order valence-corrected chi connectivity index (χ0v) is 12.3. The highest BCUT2D eigenvalue weighted by atomic mass is 19.4. The van der Waals surface area contributed by atoms with Gasteiger partial charge in [-0.1, -0.05) is 13.0 Å². The number of hydrogen-bond donors (Lipinski definition) is 0. The molecular weight excluding hydrogens is 297 g/mol. The summed E-state index contributed by atoms with van der Waals surface area (Å²) in [5.74, 6) is -0.446. The van der Waals surface area contributed by atoms with E-state index in [2.05, 4.69) is 0 Å². The van der Waals surface area contributed by atoms with Crippen LogP contribution in [0.2, 0.25) is 0 Å². The Morgan fingerprint density at radius 3 is 2.64 bits per heavy atom. The van der Waals surface area contributed by atoms with Crippen molar-refractivity contribution in [3.05, 3.63) is 29.8 Å². The van der Waals surface area contributed by atoms with Gasteiger partial charge in [-0.05, 0) is 24.6 Å². The predicted molar refractivity (Wildman–Crippen MR) is 75.2 cm³/mol. The lowest BCUT2D eigenvalue weighted by Gasteiger charge is -2.22. The third-order valence-electron chi connectivity index (χ3n) is 4.00. The van der Waals surface area contributed by atoms with E-state index in [9.17, 15) is 22.8 Å². The van der Waals surface area contributed by atoms with E-state index in [1.54, 1.807) is 0 Å². The van der Waals surface area contributed by atoms with Gasteiger partial charge in [-0.3, -0.25) is 9.59 Å². The number of carbonyl (C=O) groups is 2. The molecule has 0 radical (unpaired) electrons. The molecule has 1 heterocycles. The molecule has 1 aliphatic heterocycles. The second kappa shape index (κ2) is 5.98. The summed E-state index contributed by atoms with van der Waals surface area (Å²) in [6.07, 6.45) is -3.23. The van der Waals surface area contributed by atoms with E-state index in [-0.39, 0.29) is 17.5 Å². The van der Waals surface area contributed by atoms with Gasteiger partial charge in [0.2, 0.25) is 12.3 Å². The lowest BCUT2D eigenvalue weighted by molar-refractivity contribution is -0.137. The van der Waals surface area contributed by atoms with Crippen LogP contribution in [0.15, 0.2) is 24.3 Å². The molecule has 22 heavy (non-hydrogen) atoms. The van der Waals surface area contributed by atoms with Crippen molar-refractivity contribution in [1.82, 2.24) is 4.90 Å². The molecule has 2 amide bonds. The van der Waals surface area contributed by atoms with E-state index < -0.39 is 17.8 Å². The Hall–Kier alpha value is -2.05. The molecule has 120 valence electrons. The topological polar surface area (TPSA) is 40.6 Å². The van der Waals surface area contributed by atoms with Crippen LogP contribution >= 0.6 is 0 Å². The highest BCUT2D eigenvalue weighted by Gasteiger charge is 2.42. The van der Waals surface area contributed by atoms with E-state index >= 15 is 0 Å². The van der Waals surface area contributed by atoms with Gasteiger partial charge in [-0.15, -0.1) is 0 Å². The summed E-state index contributed by atoms with van der Waals surface area (Å²) < 4.78 is 38.4. The Labute approximate surface area is 126 Å². The van der Waals surface area contributed by atoms with Gasteiger partial charge >= 0.3 is 6.18 Å². The summed E-state index contributed by atoms with van der Waals surface area (Å²) in [6, 6.07) is 4.06. The summed E-state index contributed by atoms with van der Waals surface area (Å²) in [4.78, 5) is 26.0. The first kappa shape index (κ1) is 16.3. The smallest absolute Gasteiger partial charge is 0.336 e. The number of hydrogen-bond acceptors (Lipinski definition) is 2. The van der Waals surface area contributed by atoms with Crippen molar-refractivity contribution in [2.24, 2.45) is 5.92 Å². The monoisotopic (exact) mass is 314 g/mol. The Balaban J connectivity index is 2.34. The number of nitrogens with zero attached hydrogens (tertiary/aromatic N) is 2. The van der Waals surface area contributed by atoms with Crippen molar-refractivity contribution in [3.8, 4) is 0 Å². The van der Waals surface area contributed by atoms with Gasteiger partial charge in [0.05, 0.1) is 5.56 Å². The zero-order chi connectivity index (χ0) is 16.5. The molecule has 1 fully saturated rings. The number of likely N-dealkylation sites (N-methyl/N-ethyl adjacent to an activating group) is 1. The summed E-state index contributed by atoms with van der Waals surface area (Å²) in [5.41, 5.74) is -0.585. The number of carbonyl (C=O) groups excluding carboxylic acids is 2. The zero-order valence-electron chi connectivity index (χ0n) is 12.3. The van der Waals surface area contributed by atoms with Crippen molar-refractivity contribution in [1.29, 1.82) is 0 Å². The van der Waals surface area contributed by atoms with Crippen LogP contribution in [0.3, 0.4) is 0 Å². The standard InChI is InChI=1S/C15H17F3N2O2/c1-3-10-8-20(14(22)13(10)19(2)9-21)12-6-4-5-11(7-12)15(16,17)18/h4-7,9-10,13H,3,8H2,1-2H3. The minimum absolute atomic E-state index is 0.0998. The molecular formula is C15H17F3N2O2. The third-order valence-corrected chi connectivity index (χ3v) is 4.00. The first-order valence-electron chi connectivity index (χ1n) is 6.95. The normalized spacial score (nSPS) is 22.0. The van der Waals surface area contributed by atoms with Crippen LogP contribution in [-0.2, 0) is 15.8 Å². The first-order valence-corrected chi connectivity index (χ1v) is 6.95. The van der Waals surface area contributed by atoms with E-state index in [4.69, 9.17) is 0 Å². The van der Waals surface area contributed by atoms with Crippen molar-refractivity contribution >= 4 is 18.0 Å². The highest BCUT2D eigenvalue weighted by molar-refractivity contribution is 6.00. The fourth-order valence-electron chi connectivity index (χ4n) is 2.79. The molecule has 7 heteroatoms. The van der Waals surface area contributed by atoms with Crippen molar-refractivity contribution in [2.45, 2.75) is 25.6 Å². The molecule has 0 saturated carbocycles. The van der Waals surface area contributed by atoms with E-state index in [0.717, 1.165) is 12.1 Å². The molecule has 1 aromatic rings. The van der Waals surface area contributed by atoms with Gasteiger partial charge in [-0.2, -0.15) is 13.2 Å². The second-order valence-corrected chi connectivity index (χ2v) is 5.38. The molecule has 2 rings (SSSR count). The lowest BCUT2D eigenvalue weighted by Crippen LogP contribution is -2.41. The molecule has 1 aromatic carbocycles. The van der Waals surface area contributed by atoms with E-state index in [0.29, 0.717) is 19.4 Å². The maximum Gasteiger partial charge on any atom is 0.416 e. The highest BCUT2D eigenvalue weighted by Crippen LogP contribution is 2.34. The van der Waals surface area contributed by atoms with E-state index in [1.807, 2.05) is 6.92 Å². The average molecular weight is 314 g/mol. The summed E-state index contributed by atoms with van der Waals surface area (Å²) in [6.45, 7) is 2.19. The minimum Gasteiger partial charge on any atom is -0.336 e. The third kappa shape index (κ3) is 2.93. The van der Waals surface area contributed by atoms with Crippen molar-refractivity contribution in [2.75, 3.05) is 18.5 Å². The summed E-state index contributed by atoms with van der Waals surface area (Å²) in [5, 5.41) is 0. The molecule has 2 unspecified atom stereocenters. The predicted octanol–water partition coefficient (Wildman–Crippen LogP) is 2.54. The summed E-state index contributed by atoms with van der Waals surface area (Å²) in [7, 11) is 1.51. The number of halogens is 3. The van der Waals surface area contributed by atoms with Crippen LogP contribution in [0.5, 0.6) is 0 Å². The molecule has 1 saturated heterocycles. The Bertz CT molecular complexity index is 574. The van der Waals surface area contributed by atoms with Gasteiger partial charge < -0.3 is 9.80 Å². The summed E-state index contributed by atoms with van der Waals surface area (Å²) >= 11 is 0. The van der Waals surface area contributed by atoms with Crippen molar-refractivity contribution < 1.29 is 22.8 Å². The number of alkyl halides is 3. The Kier molecular flexibility index (Phi) is 4.44. The SMILES string of the molecule is CCC1CN(c2cccc(C(F)(F)F)c2)C(=O)C1N(C)C=O. The number of benzene rings is 1. The van der Waals surface area contributed by atoms with Gasteiger partial charge in [0.15, 0.2) is 0 Å². The van der Waals surface area contributed by atoms with Gasteiger partial charge in [0.1, 0.15) is 6.04 Å².